The van der Waals surface area contributed by atoms with Gasteiger partial charge in [0.1, 0.15) is 11.4 Å². The molecule has 2 heterocycles. The predicted octanol–water partition coefficient (Wildman–Crippen LogP) is 2.37. The number of carbonyl (C=O) groups excluding carboxylic acids is 1. The maximum Gasteiger partial charge on any atom is 0.299 e. The van der Waals surface area contributed by atoms with Crippen LogP contribution < -0.4 is 4.74 Å². The molecule has 0 aliphatic heterocycles. The van der Waals surface area contributed by atoms with Crippen LogP contribution in [0.25, 0.3) is 11.5 Å². The summed E-state index contributed by atoms with van der Waals surface area (Å²) in [5.74, 6) is 0.548. The third-order valence-corrected chi connectivity index (χ3v) is 2.87. The van der Waals surface area contributed by atoms with Crippen molar-refractivity contribution in [2.45, 2.75) is 0 Å². The second kappa shape index (κ2) is 5.54. The van der Waals surface area contributed by atoms with Crippen molar-refractivity contribution >= 4 is 5.78 Å². The number of aromatic nitrogens is 3. The highest BCUT2D eigenvalue weighted by molar-refractivity contribution is 6.06. The summed E-state index contributed by atoms with van der Waals surface area (Å²) in [6.07, 6.45) is 1.62. The van der Waals surface area contributed by atoms with Crippen LogP contribution >= 0.6 is 0 Å². The summed E-state index contributed by atoms with van der Waals surface area (Å²) in [6.45, 7) is 0. The molecule has 0 saturated carbocycles. The van der Waals surface area contributed by atoms with Crippen LogP contribution in [-0.4, -0.2) is 28.0 Å². The maximum absolute atomic E-state index is 12.2. The molecule has 0 saturated heterocycles. The molecular weight excluding hydrogens is 270 g/mol. The van der Waals surface area contributed by atoms with E-state index in [9.17, 15) is 4.79 Å². The number of benzene rings is 1. The van der Waals surface area contributed by atoms with Crippen LogP contribution in [0.15, 0.2) is 53.2 Å². The average Bonchev–Trinajstić information content (AvgIpc) is 3.05. The smallest absolute Gasteiger partial charge is 0.299 e. The van der Waals surface area contributed by atoms with Gasteiger partial charge in [-0.05, 0) is 36.4 Å². The van der Waals surface area contributed by atoms with Crippen molar-refractivity contribution in [1.82, 2.24) is 15.1 Å². The summed E-state index contributed by atoms with van der Waals surface area (Å²) in [4.78, 5) is 20.4. The van der Waals surface area contributed by atoms with E-state index in [1.807, 2.05) is 6.07 Å². The Morgan fingerprint density at radius 1 is 1.14 bits per heavy atom. The Morgan fingerprint density at radius 2 is 1.95 bits per heavy atom. The Bertz CT molecular complexity index is 751. The predicted molar refractivity (Wildman–Crippen MR) is 74.0 cm³/mol. The van der Waals surface area contributed by atoms with Crippen molar-refractivity contribution in [3.05, 3.63) is 60.1 Å². The Balaban J connectivity index is 1.87. The quantitative estimate of drug-likeness (QED) is 0.683. The van der Waals surface area contributed by atoms with Gasteiger partial charge in [-0.3, -0.25) is 9.78 Å². The molecule has 21 heavy (non-hydrogen) atoms. The second-order valence-corrected chi connectivity index (χ2v) is 4.20. The molecule has 0 atom stereocenters. The lowest BCUT2D eigenvalue weighted by Gasteiger charge is -1.99. The Kier molecular flexibility index (Phi) is 3.42. The molecule has 6 heteroatoms. The number of ether oxygens (including phenoxy) is 1. The molecule has 104 valence electrons. The highest BCUT2D eigenvalue weighted by Crippen LogP contribution is 2.16. The fourth-order valence-electron chi connectivity index (χ4n) is 1.78. The molecule has 6 nitrogen and oxygen atoms in total. The molecular formula is C15H11N3O3. The fourth-order valence-corrected chi connectivity index (χ4v) is 1.78. The number of ketones is 1. The molecule has 3 aromatic rings. The Hall–Kier alpha value is -3.02. The van der Waals surface area contributed by atoms with Gasteiger partial charge < -0.3 is 9.26 Å². The highest BCUT2D eigenvalue weighted by Gasteiger charge is 2.18. The number of pyridine rings is 1. The van der Waals surface area contributed by atoms with Crippen LogP contribution in [0, 0.1) is 0 Å². The van der Waals surface area contributed by atoms with Crippen LogP contribution in [-0.2, 0) is 0 Å². The van der Waals surface area contributed by atoms with Gasteiger partial charge in [-0.15, -0.1) is 0 Å². The molecule has 0 unspecified atom stereocenters. The number of rotatable bonds is 4. The SMILES string of the molecule is COc1ccc(C(=O)c2nc(-c3ccccn3)no2)cc1. The zero-order valence-electron chi connectivity index (χ0n) is 11.2. The fraction of sp³-hybridized carbons (Fsp3) is 0.0667. The minimum Gasteiger partial charge on any atom is -0.497 e. The van der Waals surface area contributed by atoms with E-state index in [4.69, 9.17) is 9.26 Å². The summed E-state index contributed by atoms with van der Waals surface area (Å²) in [5.41, 5.74) is 1.00. The van der Waals surface area contributed by atoms with E-state index in [1.54, 1.807) is 49.7 Å². The molecule has 0 aliphatic carbocycles. The number of carbonyl (C=O) groups is 1. The molecule has 0 bridgehead atoms. The van der Waals surface area contributed by atoms with E-state index in [0.29, 0.717) is 17.0 Å². The van der Waals surface area contributed by atoms with E-state index in [-0.39, 0.29) is 17.5 Å². The average molecular weight is 281 g/mol. The minimum absolute atomic E-state index is 0.0687. The van der Waals surface area contributed by atoms with Crippen molar-refractivity contribution < 1.29 is 14.1 Å². The normalized spacial score (nSPS) is 10.3. The summed E-state index contributed by atoms with van der Waals surface area (Å²) >= 11 is 0. The number of nitrogens with zero attached hydrogens (tertiary/aromatic N) is 3. The third kappa shape index (κ3) is 2.64. The largest absolute Gasteiger partial charge is 0.497 e. The highest BCUT2D eigenvalue weighted by atomic mass is 16.5. The second-order valence-electron chi connectivity index (χ2n) is 4.20. The van der Waals surface area contributed by atoms with Gasteiger partial charge in [0.25, 0.3) is 11.7 Å². The standard InChI is InChI=1S/C15H11N3O3/c1-20-11-7-5-10(6-8-11)13(19)15-17-14(18-21-15)12-4-2-3-9-16-12/h2-9H,1H3. The van der Waals surface area contributed by atoms with Crippen molar-refractivity contribution in [3.8, 4) is 17.3 Å². The van der Waals surface area contributed by atoms with Gasteiger partial charge in [0.05, 0.1) is 7.11 Å². The number of methoxy groups -OCH3 is 1. The molecule has 0 aliphatic rings. The molecule has 0 amide bonds. The summed E-state index contributed by atoms with van der Waals surface area (Å²) in [5, 5.41) is 3.77. The van der Waals surface area contributed by atoms with Gasteiger partial charge >= 0.3 is 0 Å². The first-order chi connectivity index (χ1) is 10.3. The molecule has 0 fully saturated rings. The van der Waals surface area contributed by atoms with Crippen molar-refractivity contribution in [3.63, 3.8) is 0 Å². The molecule has 3 rings (SSSR count). The van der Waals surface area contributed by atoms with Crippen LogP contribution in [0.5, 0.6) is 5.75 Å². The van der Waals surface area contributed by atoms with E-state index in [1.165, 1.54) is 0 Å². The molecule has 2 aromatic heterocycles. The zero-order chi connectivity index (χ0) is 14.7. The third-order valence-electron chi connectivity index (χ3n) is 2.87. The molecule has 1 aromatic carbocycles. The zero-order valence-corrected chi connectivity index (χ0v) is 11.2. The number of hydrogen-bond acceptors (Lipinski definition) is 6. The molecule has 0 spiro atoms. The van der Waals surface area contributed by atoms with E-state index < -0.39 is 0 Å². The Labute approximate surface area is 120 Å². The summed E-state index contributed by atoms with van der Waals surface area (Å²) < 4.78 is 10.1. The first kappa shape index (κ1) is 13.0. The summed E-state index contributed by atoms with van der Waals surface area (Å²) in [6, 6.07) is 12.0. The Morgan fingerprint density at radius 3 is 2.62 bits per heavy atom. The number of hydrogen-bond donors (Lipinski definition) is 0. The first-order valence-electron chi connectivity index (χ1n) is 6.22. The van der Waals surface area contributed by atoms with Gasteiger partial charge in [0, 0.05) is 11.8 Å². The van der Waals surface area contributed by atoms with Gasteiger partial charge in [-0.25, -0.2) is 0 Å². The van der Waals surface area contributed by atoms with E-state index in [2.05, 4.69) is 15.1 Å². The summed E-state index contributed by atoms with van der Waals surface area (Å²) in [7, 11) is 1.56. The molecule has 0 N–H and O–H groups in total. The van der Waals surface area contributed by atoms with Crippen LogP contribution in [0.2, 0.25) is 0 Å². The minimum atomic E-state index is -0.340. The first-order valence-corrected chi connectivity index (χ1v) is 6.22. The lowest BCUT2D eigenvalue weighted by atomic mass is 10.1. The van der Waals surface area contributed by atoms with Gasteiger partial charge in [-0.1, -0.05) is 11.2 Å². The van der Waals surface area contributed by atoms with E-state index >= 15 is 0 Å². The van der Waals surface area contributed by atoms with Crippen molar-refractivity contribution in [2.24, 2.45) is 0 Å². The van der Waals surface area contributed by atoms with Crippen molar-refractivity contribution in [2.75, 3.05) is 7.11 Å². The van der Waals surface area contributed by atoms with Crippen LogP contribution in [0.1, 0.15) is 16.2 Å². The van der Waals surface area contributed by atoms with Gasteiger partial charge in [-0.2, -0.15) is 4.98 Å². The maximum atomic E-state index is 12.2. The molecule has 0 radical (unpaired) electrons. The monoisotopic (exact) mass is 281 g/mol. The lowest BCUT2D eigenvalue weighted by Crippen LogP contribution is -2.01. The van der Waals surface area contributed by atoms with Gasteiger partial charge in [0.15, 0.2) is 0 Å². The van der Waals surface area contributed by atoms with Crippen molar-refractivity contribution in [1.29, 1.82) is 0 Å². The van der Waals surface area contributed by atoms with Gasteiger partial charge in [0.2, 0.25) is 5.82 Å². The van der Waals surface area contributed by atoms with Crippen LogP contribution in [0.3, 0.4) is 0 Å². The lowest BCUT2D eigenvalue weighted by molar-refractivity contribution is 0.0994. The topological polar surface area (TPSA) is 78.1 Å². The van der Waals surface area contributed by atoms with E-state index in [0.717, 1.165) is 0 Å². The van der Waals surface area contributed by atoms with Crippen LogP contribution in [0.4, 0.5) is 0 Å².